The lowest BCUT2D eigenvalue weighted by Gasteiger charge is -1.74. The van der Waals surface area contributed by atoms with Crippen molar-refractivity contribution >= 4 is 22.9 Å². The minimum Gasteiger partial charge on any atom is -0.243 e. The first-order valence-corrected chi connectivity index (χ1v) is 2.83. The molecule has 0 aliphatic carbocycles. The van der Waals surface area contributed by atoms with Crippen molar-refractivity contribution in [2.24, 2.45) is 7.05 Å². The van der Waals surface area contributed by atoms with E-state index in [1.165, 1.54) is 0 Å². The molecule has 1 heterocycles. The summed E-state index contributed by atoms with van der Waals surface area (Å²) in [5.41, 5.74) is -0.217. The van der Waals surface area contributed by atoms with Crippen LogP contribution in [0, 0.1) is 0 Å². The Hall–Kier alpha value is -0.400. The Morgan fingerprint density at radius 3 is 2.38 bits per heavy atom. The molecule has 0 N–H and O–H groups in total. The third-order valence-corrected chi connectivity index (χ3v) is 1.29. The molecule has 0 saturated carbocycles. The standard InChI is InChI=1S/C2H3IN4O/c1-6-2(8)7(3)5-4-6/h1H3. The maximum atomic E-state index is 10.6. The smallest absolute Gasteiger partial charge is 0.243 e. The van der Waals surface area contributed by atoms with E-state index in [9.17, 15) is 4.79 Å². The highest BCUT2D eigenvalue weighted by Gasteiger charge is 1.94. The highest BCUT2D eigenvalue weighted by atomic mass is 127. The third kappa shape index (κ3) is 0.746. The van der Waals surface area contributed by atoms with E-state index in [-0.39, 0.29) is 5.69 Å². The molecular weight excluding hydrogens is 223 g/mol. The zero-order valence-electron chi connectivity index (χ0n) is 4.08. The molecular formula is C2H3IN4O. The summed E-state index contributed by atoms with van der Waals surface area (Å²) >= 11 is 1.75. The average molecular weight is 226 g/mol. The molecule has 1 rings (SSSR count). The summed E-state index contributed by atoms with van der Waals surface area (Å²) in [6, 6.07) is 0. The lowest BCUT2D eigenvalue weighted by molar-refractivity contribution is 0.694. The first-order valence-electron chi connectivity index (χ1n) is 1.87. The van der Waals surface area contributed by atoms with Crippen molar-refractivity contribution in [1.29, 1.82) is 0 Å². The van der Waals surface area contributed by atoms with Crippen LogP contribution in [0.5, 0.6) is 0 Å². The van der Waals surface area contributed by atoms with Gasteiger partial charge in [-0.1, -0.05) is 0 Å². The second-order valence-electron chi connectivity index (χ2n) is 1.25. The summed E-state index contributed by atoms with van der Waals surface area (Å²) in [7, 11) is 1.55. The van der Waals surface area contributed by atoms with E-state index in [4.69, 9.17) is 0 Å². The monoisotopic (exact) mass is 226 g/mol. The molecule has 0 aromatic carbocycles. The fraction of sp³-hybridized carbons (Fsp3) is 0.500. The highest BCUT2D eigenvalue weighted by molar-refractivity contribution is 14.1. The van der Waals surface area contributed by atoms with Crippen LogP contribution in [-0.2, 0) is 7.05 Å². The molecule has 0 saturated heterocycles. The summed E-state index contributed by atoms with van der Waals surface area (Å²) < 4.78 is 2.30. The molecule has 0 aliphatic heterocycles. The first kappa shape index (κ1) is 5.73. The number of hydrogen-bond acceptors (Lipinski definition) is 3. The van der Waals surface area contributed by atoms with Gasteiger partial charge in [0.25, 0.3) is 0 Å². The molecule has 0 aliphatic rings. The van der Waals surface area contributed by atoms with Gasteiger partial charge in [0.2, 0.25) is 0 Å². The van der Waals surface area contributed by atoms with Crippen LogP contribution in [-0.4, -0.2) is 18.0 Å². The van der Waals surface area contributed by atoms with Crippen molar-refractivity contribution in [2.45, 2.75) is 0 Å². The molecule has 0 amide bonds. The summed E-state index contributed by atoms with van der Waals surface area (Å²) in [5, 5.41) is 6.84. The van der Waals surface area contributed by atoms with E-state index in [1.54, 1.807) is 29.9 Å². The van der Waals surface area contributed by atoms with E-state index >= 15 is 0 Å². The van der Waals surface area contributed by atoms with Crippen LogP contribution < -0.4 is 5.69 Å². The molecule has 1 aromatic heterocycles. The maximum Gasteiger partial charge on any atom is 0.372 e. The second-order valence-corrected chi connectivity index (χ2v) is 2.16. The van der Waals surface area contributed by atoms with E-state index in [1.807, 2.05) is 0 Å². The largest absolute Gasteiger partial charge is 0.372 e. The zero-order valence-corrected chi connectivity index (χ0v) is 6.23. The van der Waals surface area contributed by atoms with Crippen LogP contribution in [0.4, 0.5) is 0 Å². The number of tetrazole rings is 1. The van der Waals surface area contributed by atoms with Crippen LogP contribution in [0.3, 0.4) is 0 Å². The summed E-state index contributed by atoms with van der Waals surface area (Å²) in [4.78, 5) is 10.6. The molecule has 0 fully saturated rings. The predicted molar refractivity (Wildman–Crippen MR) is 34.7 cm³/mol. The fourth-order valence-electron chi connectivity index (χ4n) is 0.291. The Bertz CT molecular complexity index is 214. The van der Waals surface area contributed by atoms with Gasteiger partial charge in [0.15, 0.2) is 0 Å². The first-order chi connectivity index (χ1) is 3.72. The minimum atomic E-state index is -0.217. The van der Waals surface area contributed by atoms with E-state index in [2.05, 4.69) is 10.4 Å². The molecule has 0 unspecified atom stereocenters. The van der Waals surface area contributed by atoms with Gasteiger partial charge < -0.3 is 0 Å². The summed E-state index contributed by atoms with van der Waals surface area (Å²) in [6.45, 7) is 0. The minimum absolute atomic E-state index is 0.217. The van der Waals surface area contributed by atoms with Gasteiger partial charge in [-0.15, -0.1) is 2.90 Å². The van der Waals surface area contributed by atoms with E-state index in [0.717, 1.165) is 7.58 Å². The lowest BCUT2D eigenvalue weighted by atomic mass is 11.2. The molecule has 44 valence electrons. The topological polar surface area (TPSA) is 52.7 Å². The molecule has 6 heteroatoms. The quantitative estimate of drug-likeness (QED) is 0.543. The average Bonchev–Trinajstić information content (AvgIpc) is 1.98. The maximum absolute atomic E-state index is 10.6. The SMILES string of the molecule is Cn1nnn(I)c1=O. The Morgan fingerprint density at radius 2 is 2.25 bits per heavy atom. The van der Waals surface area contributed by atoms with Gasteiger partial charge in [0.05, 0.1) is 22.9 Å². The third-order valence-electron chi connectivity index (χ3n) is 0.687. The van der Waals surface area contributed by atoms with Crippen LogP contribution in [0.15, 0.2) is 4.79 Å². The molecule has 0 spiro atoms. The number of aromatic nitrogens is 4. The Balaban J connectivity index is 3.42. The number of nitrogens with zero attached hydrogens (tertiary/aromatic N) is 4. The van der Waals surface area contributed by atoms with Crippen molar-refractivity contribution in [3.63, 3.8) is 0 Å². The number of hydrogen-bond donors (Lipinski definition) is 0. The van der Waals surface area contributed by atoms with Gasteiger partial charge in [0.1, 0.15) is 0 Å². The molecule has 1 aromatic rings. The van der Waals surface area contributed by atoms with Gasteiger partial charge >= 0.3 is 5.69 Å². The Kier molecular flexibility index (Phi) is 1.32. The van der Waals surface area contributed by atoms with Crippen LogP contribution in [0.1, 0.15) is 0 Å². The van der Waals surface area contributed by atoms with Crippen molar-refractivity contribution in [3.8, 4) is 0 Å². The van der Waals surface area contributed by atoms with Crippen molar-refractivity contribution in [1.82, 2.24) is 18.0 Å². The molecule has 0 radical (unpaired) electrons. The van der Waals surface area contributed by atoms with Crippen molar-refractivity contribution in [2.75, 3.05) is 0 Å². The normalized spacial score (nSPS) is 9.75. The van der Waals surface area contributed by atoms with Gasteiger partial charge in [0, 0.05) is 7.05 Å². The van der Waals surface area contributed by atoms with Crippen LogP contribution in [0.25, 0.3) is 0 Å². The van der Waals surface area contributed by atoms with Crippen LogP contribution in [0.2, 0.25) is 0 Å². The summed E-state index contributed by atoms with van der Waals surface area (Å²) in [6.07, 6.45) is 0. The van der Waals surface area contributed by atoms with Crippen molar-refractivity contribution < 1.29 is 0 Å². The fourth-order valence-corrected chi connectivity index (χ4v) is 0.690. The van der Waals surface area contributed by atoms with Gasteiger partial charge in [-0.2, -0.15) is 4.68 Å². The van der Waals surface area contributed by atoms with Crippen LogP contribution >= 0.6 is 22.9 Å². The number of rotatable bonds is 0. The van der Waals surface area contributed by atoms with Crippen molar-refractivity contribution in [3.05, 3.63) is 10.5 Å². The lowest BCUT2D eigenvalue weighted by Crippen LogP contribution is -2.17. The molecule has 0 atom stereocenters. The Morgan fingerprint density at radius 1 is 1.62 bits per heavy atom. The second kappa shape index (κ2) is 1.84. The molecule has 5 nitrogen and oxygen atoms in total. The molecule has 8 heavy (non-hydrogen) atoms. The zero-order chi connectivity index (χ0) is 6.15. The van der Waals surface area contributed by atoms with Gasteiger partial charge in [-0.3, -0.25) is 0 Å². The number of aryl methyl sites for hydroxylation is 1. The predicted octanol–water partition coefficient (Wildman–Crippen LogP) is -0.825. The molecule has 0 bridgehead atoms. The number of halogens is 1. The van der Waals surface area contributed by atoms with E-state index in [0.29, 0.717) is 0 Å². The van der Waals surface area contributed by atoms with E-state index < -0.39 is 0 Å². The summed E-state index contributed by atoms with van der Waals surface area (Å²) in [5.74, 6) is 0. The Labute approximate surface area is 58.8 Å². The van der Waals surface area contributed by atoms with Gasteiger partial charge in [-0.05, 0) is 10.4 Å². The highest BCUT2D eigenvalue weighted by Crippen LogP contribution is 1.75. The van der Waals surface area contributed by atoms with Gasteiger partial charge in [-0.25, -0.2) is 4.79 Å².